The molecular formula is C12H7N3O3. The van der Waals surface area contributed by atoms with Gasteiger partial charge in [0.25, 0.3) is 5.82 Å². The van der Waals surface area contributed by atoms with Crippen molar-refractivity contribution in [3.05, 3.63) is 42.5 Å². The SMILES string of the molecule is O=C(O)c1ncc(-c2ccc3occc3c2)nn1. The Morgan fingerprint density at radius 3 is 2.83 bits per heavy atom. The van der Waals surface area contributed by atoms with E-state index in [1.807, 2.05) is 24.3 Å². The third-order valence-electron chi connectivity index (χ3n) is 2.50. The molecule has 2 aromatic heterocycles. The Labute approximate surface area is 101 Å². The maximum Gasteiger partial charge on any atom is 0.375 e. The maximum absolute atomic E-state index is 10.6. The van der Waals surface area contributed by atoms with Crippen LogP contribution in [0.5, 0.6) is 0 Å². The highest BCUT2D eigenvalue weighted by molar-refractivity contribution is 5.84. The van der Waals surface area contributed by atoms with Gasteiger partial charge in [-0.25, -0.2) is 9.78 Å². The number of benzene rings is 1. The Bertz CT molecular complexity index is 719. The second-order valence-corrected chi connectivity index (χ2v) is 3.65. The minimum Gasteiger partial charge on any atom is -0.475 e. The van der Waals surface area contributed by atoms with Crippen molar-refractivity contribution in [2.75, 3.05) is 0 Å². The van der Waals surface area contributed by atoms with Crippen LogP contribution in [0.4, 0.5) is 0 Å². The number of hydrogen-bond acceptors (Lipinski definition) is 5. The first-order valence-electron chi connectivity index (χ1n) is 5.15. The van der Waals surface area contributed by atoms with Crippen LogP contribution in [0.3, 0.4) is 0 Å². The normalized spacial score (nSPS) is 10.7. The summed E-state index contributed by atoms with van der Waals surface area (Å²) in [5, 5.41) is 17.0. The van der Waals surface area contributed by atoms with E-state index in [0.29, 0.717) is 5.69 Å². The molecule has 18 heavy (non-hydrogen) atoms. The Hall–Kier alpha value is -2.76. The molecule has 6 nitrogen and oxygen atoms in total. The number of aromatic nitrogens is 3. The summed E-state index contributed by atoms with van der Waals surface area (Å²) in [6, 6.07) is 7.35. The molecule has 6 heteroatoms. The summed E-state index contributed by atoms with van der Waals surface area (Å²) in [5.41, 5.74) is 2.10. The van der Waals surface area contributed by atoms with Crippen molar-refractivity contribution < 1.29 is 14.3 Å². The molecule has 0 atom stereocenters. The van der Waals surface area contributed by atoms with Gasteiger partial charge in [0.15, 0.2) is 0 Å². The zero-order valence-corrected chi connectivity index (χ0v) is 9.07. The van der Waals surface area contributed by atoms with E-state index < -0.39 is 5.97 Å². The van der Waals surface area contributed by atoms with Crippen molar-refractivity contribution in [2.45, 2.75) is 0 Å². The zero-order chi connectivity index (χ0) is 12.5. The predicted molar refractivity (Wildman–Crippen MR) is 62.0 cm³/mol. The van der Waals surface area contributed by atoms with E-state index >= 15 is 0 Å². The van der Waals surface area contributed by atoms with Crippen molar-refractivity contribution in [1.82, 2.24) is 15.2 Å². The lowest BCUT2D eigenvalue weighted by atomic mass is 10.1. The molecule has 0 aliphatic heterocycles. The zero-order valence-electron chi connectivity index (χ0n) is 9.07. The van der Waals surface area contributed by atoms with Gasteiger partial charge in [-0.05, 0) is 24.3 Å². The molecule has 0 spiro atoms. The number of rotatable bonds is 2. The molecule has 3 rings (SSSR count). The standard InChI is InChI=1S/C12H7N3O3/c16-12(17)11-13-6-9(14-15-11)7-1-2-10-8(5-7)3-4-18-10/h1-6H,(H,16,17). The van der Waals surface area contributed by atoms with E-state index in [1.54, 1.807) is 6.26 Å². The van der Waals surface area contributed by atoms with Crippen LogP contribution >= 0.6 is 0 Å². The largest absolute Gasteiger partial charge is 0.475 e. The molecule has 2 heterocycles. The number of carbonyl (C=O) groups is 1. The maximum atomic E-state index is 10.6. The fourth-order valence-corrected chi connectivity index (χ4v) is 1.63. The highest BCUT2D eigenvalue weighted by Crippen LogP contribution is 2.22. The topological polar surface area (TPSA) is 89.1 Å². The van der Waals surface area contributed by atoms with Crippen LogP contribution in [0, 0.1) is 0 Å². The van der Waals surface area contributed by atoms with Gasteiger partial charge in [0.1, 0.15) is 11.3 Å². The fourth-order valence-electron chi connectivity index (χ4n) is 1.63. The molecule has 1 N–H and O–H groups in total. The Morgan fingerprint density at radius 1 is 1.22 bits per heavy atom. The third-order valence-corrected chi connectivity index (χ3v) is 2.50. The molecule has 0 radical (unpaired) electrons. The van der Waals surface area contributed by atoms with Crippen LogP contribution in [0.15, 0.2) is 41.1 Å². The van der Waals surface area contributed by atoms with Crippen molar-refractivity contribution in [3.63, 3.8) is 0 Å². The minimum absolute atomic E-state index is 0.317. The van der Waals surface area contributed by atoms with Gasteiger partial charge in [-0.15, -0.1) is 10.2 Å². The molecule has 0 aliphatic rings. The number of furan rings is 1. The lowest BCUT2D eigenvalue weighted by Gasteiger charge is -1.99. The van der Waals surface area contributed by atoms with Crippen LogP contribution < -0.4 is 0 Å². The molecule has 88 valence electrons. The number of fused-ring (bicyclic) bond motifs is 1. The molecular weight excluding hydrogens is 234 g/mol. The summed E-state index contributed by atoms with van der Waals surface area (Å²) >= 11 is 0. The second kappa shape index (κ2) is 3.92. The van der Waals surface area contributed by atoms with Gasteiger partial charge in [-0.2, -0.15) is 0 Å². The smallest absolute Gasteiger partial charge is 0.375 e. The Kier molecular flexibility index (Phi) is 2.26. The summed E-state index contributed by atoms with van der Waals surface area (Å²) in [6.45, 7) is 0. The van der Waals surface area contributed by atoms with Crippen molar-refractivity contribution in [1.29, 1.82) is 0 Å². The summed E-state index contributed by atoms with van der Waals surface area (Å²) in [7, 11) is 0. The quantitative estimate of drug-likeness (QED) is 0.737. The van der Waals surface area contributed by atoms with Crippen molar-refractivity contribution in [2.24, 2.45) is 0 Å². The molecule has 0 aliphatic carbocycles. The minimum atomic E-state index is -1.20. The average Bonchev–Trinajstić information content (AvgIpc) is 2.86. The first kappa shape index (κ1) is 10.4. The number of nitrogens with zero attached hydrogens (tertiary/aromatic N) is 3. The van der Waals surface area contributed by atoms with E-state index in [2.05, 4.69) is 15.2 Å². The van der Waals surface area contributed by atoms with Gasteiger partial charge in [-0.3, -0.25) is 0 Å². The van der Waals surface area contributed by atoms with Gasteiger partial charge >= 0.3 is 5.97 Å². The van der Waals surface area contributed by atoms with E-state index in [9.17, 15) is 4.79 Å². The number of hydrogen-bond donors (Lipinski definition) is 1. The van der Waals surface area contributed by atoms with Gasteiger partial charge in [0, 0.05) is 10.9 Å². The highest BCUT2D eigenvalue weighted by atomic mass is 16.4. The molecule has 0 saturated carbocycles. The van der Waals surface area contributed by atoms with Gasteiger partial charge in [-0.1, -0.05) is 0 Å². The van der Waals surface area contributed by atoms with Gasteiger partial charge < -0.3 is 9.52 Å². The number of carboxylic acid groups (broad SMARTS) is 1. The fraction of sp³-hybridized carbons (Fsp3) is 0. The first-order valence-corrected chi connectivity index (χ1v) is 5.15. The van der Waals surface area contributed by atoms with E-state index in [0.717, 1.165) is 16.5 Å². The van der Waals surface area contributed by atoms with Crippen LogP contribution in [0.25, 0.3) is 22.2 Å². The second-order valence-electron chi connectivity index (χ2n) is 3.65. The van der Waals surface area contributed by atoms with E-state index in [-0.39, 0.29) is 5.82 Å². The van der Waals surface area contributed by atoms with Crippen LogP contribution in [-0.4, -0.2) is 26.3 Å². The Morgan fingerprint density at radius 2 is 2.11 bits per heavy atom. The molecule has 0 bridgehead atoms. The molecule has 3 aromatic rings. The Balaban J connectivity index is 2.05. The first-order chi connectivity index (χ1) is 8.74. The predicted octanol–water partition coefficient (Wildman–Crippen LogP) is 1.98. The monoisotopic (exact) mass is 241 g/mol. The third kappa shape index (κ3) is 1.69. The molecule has 0 unspecified atom stereocenters. The lowest BCUT2D eigenvalue weighted by Crippen LogP contribution is -2.05. The molecule has 0 fully saturated rings. The van der Waals surface area contributed by atoms with Gasteiger partial charge in [0.2, 0.25) is 0 Å². The van der Waals surface area contributed by atoms with Crippen LogP contribution in [-0.2, 0) is 0 Å². The lowest BCUT2D eigenvalue weighted by molar-refractivity contribution is 0.0682. The van der Waals surface area contributed by atoms with Crippen LogP contribution in [0.2, 0.25) is 0 Å². The van der Waals surface area contributed by atoms with E-state index in [1.165, 1.54) is 6.20 Å². The average molecular weight is 241 g/mol. The molecule has 0 saturated heterocycles. The number of carboxylic acids is 1. The number of aromatic carboxylic acids is 1. The molecule has 1 aromatic carbocycles. The van der Waals surface area contributed by atoms with Crippen molar-refractivity contribution >= 4 is 16.9 Å². The van der Waals surface area contributed by atoms with Gasteiger partial charge in [0.05, 0.1) is 12.5 Å². The van der Waals surface area contributed by atoms with Crippen LogP contribution in [0.1, 0.15) is 10.6 Å². The summed E-state index contributed by atoms with van der Waals surface area (Å²) in [4.78, 5) is 14.3. The van der Waals surface area contributed by atoms with E-state index in [4.69, 9.17) is 9.52 Å². The molecule has 0 amide bonds. The summed E-state index contributed by atoms with van der Waals surface area (Å²) < 4.78 is 5.23. The highest BCUT2D eigenvalue weighted by Gasteiger charge is 2.08. The summed E-state index contributed by atoms with van der Waals surface area (Å²) in [5.74, 6) is -1.51. The summed E-state index contributed by atoms with van der Waals surface area (Å²) in [6.07, 6.45) is 2.99. The van der Waals surface area contributed by atoms with Crippen molar-refractivity contribution in [3.8, 4) is 11.3 Å².